The van der Waals surface area contributed by atoms with Crippen LogP contribution in [0.2, 0.25) is 0 Å². The molecule has 1 heterocycles. The number of carbonyl (C=O) groups is 2. The molecule has 6 nitrogen and oxygen atoms in total. The Kier molecular flexibility index (Phi) is 5.61. The second-order valence-electron chi connectivity index (χ2n) is 5.05. The fourth-order valence-corrected chi connectivity index (χ4v) is 2.33. The third-order valence-corrected chi connectivity index (χ3v) is 3.63. The lowest BCUT2D eigenvalue weighted by atomic mass is 9.99. The largest absolute Gasteiger partial charge is 0.481 e. The van der Waals surface area contributed by atoms with E-state index in [1.807, 2.05) is 13.0 Å². The van der Waals surface area contributed by atoms with Crippen LogP contribution in [0.3, 0.4) is 0 Å². The molecule has 19 heavy (non-hydrogen) atoms. The Bertz CT molecular complexity index is 378. The van der Waals surface area contributed by atoms with Crippen molar-refractivity contribution in [3.63, 3.8) is 0 Å². The van der Waals surface area contributed by atoms with Crippen molar-refractivity contribution in [1.82, 2.24) is 9.80 Å². The lowest BCUT2D eigenvalue weighted by Crippen LogP contribution is -2.51. The Hall–Kier alpha value is -1.77. The Labute approximate surface area is 113 Å². The van der Waals surface area contributed by atoms with E-state index in [9.17, 15) is 9.59 Å². The first-order valence-corrected chi connectivity index (χ1v) is 6.59. The van der Waals surface area contributed by atoms with E-state index in [0.29, 0.717) is 6.54 Å². The fourth-order valence-electron chi connectivity index (χ4n) is 2.33. The molecule has 1 fully saturated rings. The van der Waals surface area contributed by atoms with Crippen LogP contribution in [0, 0.1) is 11.3 Å². The number of piperidine rings is 1. The van der Waals surface area contributed by atoms with Crippen molar-refractivity contribution in [3.8, 4) is 6.07 Å². The van der Waals surface area contributed by atoms with Crippen molar-refractivity contribution >= 4 is 12.0 Å². The predicted octanol–water partition coefficient (Wildman–Crippen LogP) is 1.67. The van der Waals surface area contributed by atoms with Gasteiger partial charge in [0.15, 0.2) is 0 Å². The molecule has 0 bridgehead atoms. The van der Waals surface area contributed by atoms with Crippen LogP contribution < -0.4 is 0 Å². The van der Waals surface area contributed by atoms with Gasteiger partial charge in [0, 0.05) is 25.7 Å². The van der Waals surface area contributed by atoms with Gasteiger partial charge in [0.25, 0.3) is 0 Å². The zero-order valence-electron chi connectivity index (χ0n) is 11.5. The Morgan fingerprint density at radius 2 is 2.21 bits per heavy atom. The summed E-state index contributed by atoms with van der Waals surface area (Å²) in [5, 5.41) is 17.6. The van der Waals surface area contributed by atoms with Crippen molar-refractivity contribution in [3.05, 3.63) is 0 Å². The normalized spacial score (nSPS) is 20.5. The molecule has 0 aromatic rings. The second kappa shape index (κ2) is 6.98. The first-order valence-electron chi connectivity index (χ1n) is 6.59. The number of rotatable bonds is 4. The lowest BCUT2D eigenvalue weighted by Gasteiger charge is -2.38. The Morgan fingerprint density at radius 3 is 2.79 bits per heavy atom. The minimum Gasteiger partial charge on any atom is -0.481 e. The molecule has 6 heteroatoms. The third kappa shape index (κ3) is 4.12. The van der Waals surface area contributed by atoms with Crippen molar-refractivity contribution < 1.29 is 14.7 Å². The van der Waals surface area contributed by atoms with Gasteiger partial charge in [-0.3, -0.25) is 4.79 Å². The summed E-state index contributed by atoms with van der Waals surface area (Å²) in [6.07, 6.45) is 2.87. The smallest absolute Gasteiger partial charge is 0.320 e. The fraction of sp³-hybridized carbons (Fsp3) is 0.769. The average molecular weight is 267 g/mol. The number of carboxylic acid groups (broad SMARTS) is 1. The van der Waals surface area contributed by atoms with E-state index in [0.717, 1.165) is 19.3 Å². The molecule has 2 unspecified atom stereocenters. The van der Waals surface area contributed by atoms with Gasteiger partial charge in [0.2, 0.25) is 0 Å². The number of nitrogens with zero attached hydrogens (tertiary/aromatic N) is 3. The molecule has 0 aromatic heterocycles. The van der Waals surface area contributed by atoms with Crippen LogP contribution in [-0.4, -0.2) is 52.6 Å². The summed E-state index contributed by atoms with van der Waals surface area (Å²) in [6, 6.07) is 1.48. The second-order valence-corrected chi connectivity index (χ2v) is 5.05. The molecule has 0 radical (unpaired) electrons. The van der Waals surface area contributed by atoms with E-state index in [1.54, 1.807) is 11.9 Å². The molecule has 0 aliphatic carbocycles. The summed E-state index contributed by atoms with van der Waals surface area (Å²) in [6.45, 7) is 2.41. The zero-order chi connectivity index (χ0) is 14.4. The van der Waals surface area contributed by atoms with Gasteiger partial charge in [0.05, 0.1) is 18.9 Å². The summed E-state index contributed by atoms with van der Waals surface area (Å²) in [4.78, 5) is 26.4. The molecular weight excluding hydrogens is 246 g/mol. The maximum absolute atomic E-state index is 12.4. The maximum Gasteiger partial charge on any atom is 0.320 e. The third-order valence-electron chi connectivity index (χ3n) is 3.63. The summed E-state index contributed by atoms with van der Waals surface area (Å²) >= 11 is 0. The van der Waals surface area contributed by atoms with E-state index in [-0.39, 0.29) is 31.0 Å². The van der Waals surface area contributed by atoms with Crippen LogP contribution in [0.1, 0.15) is 39.0 Å². The molecule has 0 saturated carbocycles. The van der Waals surface area contributed by atoms with E-state index < -0.39 is 5.97 Å². The van der Waals surface area contributed by atoms with E-state index in [2.05, 4.69) is 0 Å². The summed E-state index contributed by atoms with van der Waals surface area (Å²) < 4.78 is 0. The highest BCUT2D eigenvalue weighted by Crippen LogP contribution is 2.21. The number of aliphatic carboxylic acids is 1. The van der Waals surface area contributed by atoms with Crippen molar-refractivity contribution in [2.24, 2.45) is 0 Å². The van der Waals surface area contributed by atoms with E-state index in [1.165, 1.54) is 4.90 Å². The van der Waals surface area contributed by atoms with Crippen LogP contribution in [-0.2, 0) is 4.79 Å². The number of hydrogen-bond acceptors (Lipinski definition) is 3. The van der Waals surface area contributed by atoms with Crippen LogP contribution in [0.5, 0.6) is 0 Å². The molecule has 1 aliphatic rings. The molecule has 1 N–H and O–H groups in total. The summed E-state index contributed by atoms with van der Waals surface area (Å²) in [5.74, 6) is -0.877. The number of nitriles is 1. The number of hydrogen-bond donors (Lipinski definition) is 1. The molecule has 2 amide bonds. The van der Waals surface area contributed by atoms with E-state index in [4.69, 9.17) is 10.4 Å². The number of carboxylic acids is 1. The number of urea groups is 1. The van der Waals surface area contributed by atoms with Crippen LogP contribution in [0.4, 0.5) is 4.79 Å². The highest BCUT2D eigenvalue weighted by atomic mass is 16.4. The molecule has 1 saturated heterocycles. The molecule has 1 rings (SSSR count). The standard InChI is InChI=1S/C13H21N3O3/c1-10(6-7-14)15(2)13(19)16-8-4-3-5-11(16)9-12(17)18/h10-11H,3-6,8-9H2,1-2H3,(H,17,18). The molecule has 0 spiro atoms. The number of carbonyl (C=O) groups excluding carboxylic acids is 1. The van der Waals surface area contributed by atoms with E-state index >= 15 is 0 Å². The highest BCUT2D eigenvalue weighted by Gasteiger charge is 2.31. The van der Waals surface area contributed by atoms with Gasteiger partial charge in [-0.2, -0.15) is 5.26 Å². The maximum atomic E-state index is 12.4. The lowest BCUT2D eigenvalue weighted by molar-refractivity contribution is -0.138. The van der Waals surface area contributed by atoms with Crippen molar-refractivity contribution in [2.45, 2.75) is 51.1 Å². The Morgan fingerprint density at radius 1 is 1.53 bits per heavy atom. The zero-order valence-corrected chi connectivity index (χ0v) is 11.5. The predicted molar refractivity (Wildman–Crippen MR) is 69.4 cm³/mol. The SMILES string of the molecule is CC(CC#N)N(C)C(=O)N1CCCCC1CC(=O)O. The molecule has 1 aliphatic heterocycles. The summed E-state index contributed by atoms with van der Waals surface area (Å²) in [7, 11) is 1.66. The van der Waals surface area contributed by atoms with Crippen LogP contribution in [0.25, 0.3) is 0 Å². The molecule has 2 atom stereocenters. The number of amides is 2. The molecule has 0 aromatic carbocycles. The monoisotopic (exact) mass is 267 g/mol. The first kappa shape index (κ1) is 15.3. The number of likely N-dealkylation sites (tertiary alicyclic amines) is 1. The quantitative estimate of drug-likeness (QED) is 0.839. The van der Waals surface area contributed by atoms with Gasteiger partial charge in [-0.05, 0) is 26.2 Å². The Balaban J connectivity index is 2.71. The average Bonchev–Trinajstić information content (AvgIpc) is 2.37. The molecular formula is C13H21N3O3. The first-order chi connectivity index (χ1) is 8.97. The van der Waals surface area contributed by atoms with Gasteiger partial charge in [-0.1, -0.05) is 0 Å². The highest BCUT2D eigenvalue weighted by molar-refractivity contribution is 5.76. The van der Waals surface area contributed by atoms with Gasteiger partial charge in [0.1, 0.15) is 0 Å². The topological polar surface area (TPSA) is 84.6 Å². The van der Waals surface area contributed by atoms with Gasteiger partial charge >= 0.3 is 12.0 Å². The van der Waals surface area contributed by atoms with Crippen molar-refractivity contribution in [1.29, 1.82) is 5.26 Å². The minimum absolute atomic E-state index is 0.00773. The van der Waals surface area contributed by atoms with Crippen molar-refractivity contribution in [2.75, 3.05) is 13.6 Å². The minimum atomic E-state index is -0.877. The molecule has 106 valence electrons. The van der Waals surface area contributed by atoms with Gasteiger partial charge in [-0.15, -0.1) is 0 Å². The summed E-state index contributed by atoms with van der Waals surface area (Å²) in [5.41, 5.74) is 0. The van der Waals surface area contributed by atoms with Crippen LogP contribution in [0.15, 0.2) is 0 Å². The van der Waals surface area contributed by atoms with Crippen LogP contribution >= 0.6 is 0 Å². The van der Waals surface area contributed by atoms with Gasteiger partial charge < -0.3 is 14.9 Å². The van der Waals surface area contributed by atoms with Gasteiger partial charge in [-0.25, -0.2) is 4.79 Å².